The van der Waals surface area contributed by atoms with Crippen molar-refractivity contribution in [3.8, 4) is 11.4 Å². The number of amides is 1. The zero-order valence-corrected chi connectivity index (χ0v) is 17.9. The number of hydrogen-bond acceptors (Lipinski definition) is 4. The van der Waals surface area contributed by atoms with Crippen molar-refractivity contribution in [3.63, 3.8) is 0 Å². The van der Waals surface area contributed by atoms with Crippen LogP contribution in [0.5, 0.6) is 0 Å². The minimum absolute atomic E-state index is 0.256. The molecule has 1 saturated carbocycles. The van der Waals surface area contributed by atoms with Gasteiger partial charge in [0.2, 0.25) is 5.91 Å². The minimum Gasteiger partial charge on any atom is -0.353 e. The molecule has 1 amide bonds. The van der Waals surface area contributed by atoms with Crippen LogP contribution in [0.3, 0.4) is 0 Å². The first kappa shape index (κ1) is 19.9. The lowest BCUT2D eigenvalue weighted by Gasteiger charge is -2.38. The topological polar surface area (TPSA) is 49.3 Å². The summed E-state index contributed by atoms with van der Waals surface area (Å²) in [6.45, 7) is 9.50. The molecule has 1 aromatic carbocycles. The summed E-state index contributed by atoms with van der Waals surface area (Å²) in [7, 11) is 0. The number of piperazine rings is 1. The van der Waals surface area contributed by atoms with Gasteiger partial charge in [-0.2, -0.15) is 0 Å². The monoisotopic (exact) mass is 392 g/mol. The van der Waals surface area contributed by atoms with Crippen molar-refractivity contribution in [1.82, 2.24) is 14.9 Å². The average Bonchev–Trinajstić information content (AvgIpc) is 2.76. The molecule has 29 heavy (non-hydrogen) atoms. The molecule has 0 N–H and O–H groups in total. The molecule has 2 heterocycles. The fourth-order valence-corrected chi connectivity index (χ4v) is 4.50. The van der Waals surface area contributed by atoms with Crippen LogP contribution in [-0.2, 0) is 4.79 Å². The standard InChI is InChI=1S/C24H32N4O/c1-17-9-11-20(12-10-17)22-25-19(3)18(2)23(26-22)27-13-15-28(16-14-27)24(29)21-7-5-4-6-8-21/h9-12,21H,4-8,13-16H2,1-3H3. The van der Waals surface area contributed by atoms with Crippen molar-refractivity contribution < 1.29 is 4.79 Å². The van der Waals surface area contributed by atoms with Crippen LogP contribution >= 0.6 is 0 Å². The zero-order valence-electron chi connectivity index (χ0n) is 17.9. The Bertz CT molecular complexity index is 863. The van der Waals surface area contributed by atoms with Crippen LogP contribution in [-0.4, -0.2) is 47.0 Å². The fourth-order valence-electron chi connectivity index (χ4n) is 4.50. The van der Waals surface area contributed by atoms with E-state index >= 15 is 0 Å². The van der Waals surface area contributed by atoms with E-state index in [9.17, 15) is 4.79 Å². The van der Waals surface area contributed by atoms with Gasteiger partial charge in [0.05, 0.1) is 0 Å². The maximum Gasteiger partial charge on any atom is 0.225 e. The van der Waals surface area contributed by atoms with Crippen LogP contribution in [0, 0.1) is 26.7 Å². The van der Waals surface area contributed by atoms with E-state index in [1.807, 2.05) is 0 Å². The summed E-state index contributed by atoms with van der Waals surface area (Å²) >= 11 is 0. The second-order valence-electron chi connectivity index (χ2n) is 8.59. The largest absolute Gasteiger partial charge is 0.353 e. The summed E-state index contributed by atoms with van der Waals surface area (Å²) in [5.41, 5.74) is 4.43. The Morgan fingerprint density at radius 1 is 0.897 bits per heavy atom. The van der Waals surface area contributed by atoms with Gasteiger partial charge in [-0.3, -0.25) is 4.79 Å². The Labute approximate surface area is 174 Å². The number of nitrogens with zero attached hydrogens (tertiary/aromatic N) is 4. The third-order valence-electron chi connectivity index (χ3n) is 6.52. The van der Waals surface area contributed by atoms with Crippen molar-refractivity contribution in [2.45, 2.75) is 52.9 Å². The Kier molecular flexibility index (Phi) is 5.84. The summed E-state index contributed by atoms with van der Waals surface area (Å²) in [5, 5.41) is 0. The van der Waals surface area contributed by atoms with Crippen LogP contribution in [0.4, 0.5) is 5.82 Å². The van der Waals surface area contributed by atoms with Crippen molar-refractivity contribution in [3.05, 3.63) is 41.1 Å². The third-order valence-corrected chi connectivity index (χ3v) is 6.52. The van der Waals surface area contributed by atoms with Gasteiger partial charge in [-0.05, 0) is 33.6 Å². The number of rotatable bonds is 3. The predicted molar refractivity (Wildman–Crippen MR) is 117 cm³/mol. The van der Waals surface area contributed by atoms with Crippen LogP contribution in [0.15, 0.2) is 24.3 Å². The summed E-state index contributed by atoms with van der Waals surface area (Å²) in [6, 6.07) is 8.38. The highest BCUT2D eigenvalue weighted by Gasteiger charge is 2.29. The van der Waals surface area contributed by atoms with Gasteiger partial charge >= 0.3 is 0 Å². The zero-order chi connectivity index (χ0) is 20.4. The van der Waals surface area contributed by atoms with Gasteiger partial charge in [0.15, 0.2) is 5.82 Å². The lowest BCUT2D eigenvalue weighted by Crippen LogP contribution is -2.51. The molecule has 5 heteroatoms. The second kappa shape index (κ2) is 8.52. The normalized spacial score (nSPS) is 18.2. The molecular weight excluding hydrogens is 360 g/mol. The van der Waals surface area contributed by atoms with Crippen molar-refractivity contribution in [2.75, 3.05) is 31.1 Å². The van der Waals surface area contributed by atoms with Crippen molar-refractivity contribution in [1.29, 1.82) is 0 Å². The first-order valence-electron chi connectivity index (χ1n) is 11.0. The smallest absolute Gasteiger partial charge is 0.225 e. The van der Waals surface area contributed by atoms with E-state index in [2.05, 4.69) is 54.8 Å². The molecule has 0 atom stereocenters. The molecule has 5 nitrogen and oxygen atoms in total. The van der Waals surface area contributed by atoms with Crippen LogP contribution in [0.2, 0.25) is 0 Å². The van der Waals surface area contributed by atoms with Gasteiger partial charge in [-0.1, -0.05) is 49.1 Å². The van der Waals surface area contributed by atoms with Crippen LogP contribution < -0.4 is 4.90 Å². The first-order chi connectivity index (χ1) is 14.0. The van der Waals surface area contributed by atoms with E-state index in [-0.39, 0.29) is 5.92 Å². The predicted octanol–water partition coefficient (Wildman–Crippen LogP) is 4.30. The number of carbonyl (C=O) groups excluding carboxylic acids is 1. The fraction of sp³-hybridized carbons (Fsp3) is 0.542. The highest BCUT2D eigenvalue weighted by atomic mass is 16.2. The number of aromatic nitrogens is 2. The molecule has 154 valence electrons. The van der Waals surface area contributed by atoms with Crippen molar-refractivity contribution in [2.24, 2.45) is 5.92 Å². The Morgan fingerprint density at radius 2 is 1.55 bits per heavy atom. The van der Waals surface area contributed by atoms with Gasteiger partial charge in [0.1, 0.15) is 5.82 Å². The molecule has 2 aliphatic rings. The van der Waals surface area contributed by atoms with Gasteiger partial charge in [-0.15, -0.1) is 0 Å². The molecule has 2 fully saturated rings. The Hall–Kier alpha value is -2.43. The summed E-state index contributed by atoms with van der Waals surface area (Å²) in [6.07, 6.45) is 5.84. The molecule has 0 spiro atoms. The van der Waals surface area contributed by atoms with Gasteiger partial charge < -0.3 is 9.80 Å². The third kappa shape index (κ3) is 4.29. The maximum atomic E-state index is 12.9. The second-order valence-corrected chi connectivity index (χ2v) is 8.59. The molecule has 0 radical (unpaired) electrons. The van der Waals surface area contributed by atoms with E-state index in [0.717, 1.165) is 67.5 Å². The number of aryl methyl sites for hydroxylation is 2. The maximum absolute atomic E-state index is 12.9. The first-order valence-corrected chi connectivity index (χ1v) is 11.0. The molecule has 0 unspecified atom stereocenters. The molecule has 1 aromatic heterocycles. The van der Waals surface area contributed by atoms with E-state index in [0.29, 0.717) is 5.91 Å². The molecule has 4 rings (SSSR count). The Balaban J connectivity index is 1.49. The van der Waals surface area contributed by atoms with Gasteiger partial charge in [0, 0.05) is 48.9 Å². The highest BCUT2D eigenvalue weighted by molar-refractivity contribution is 5.79. The van der Waals surface area contributed by atoms with E-state index < -0.39 is 0 Å². The van der Waals surface area contributed by atoms with E-state index in [1.165, 1.54) is 24.8 Å². The molecule has 1 saturated heterocycles. The number of carbonyl (C=O) groups is 1. The van der Waals surface area contributed by atoms with Crippen molar-refractivity contribution >= 4 is 11.7 Å². The molecule has 1 aliphatic heterocycles. The number of anilines is 1. The van der Waals surface area contributed by atoms with Gasteiger partial charge in [-0.25, -0.2) is 9.97 Å². The average molecular weight is 393 g/mol. The van der Waals surface area contributed by atoms with E-state index in [4.69, 9.17) is 9.97 Å². The number of benzene rings is 1. The lowest BCUT2D eigenvalue weighted by atomic mass is 9.88. The highest BCUT2D eigenvalue weighted by Crippen LogP contribution is 2.28. The molecule has 2 aromatic rings. The van der Waals surface area contributed by atoms with E-state index in [1.54, 1.807) is 0 Å². The van der Waals surface area contributed by atoms with Crippen LogP contribution in [0.25, 0.3) is 11.4 Å². The summed E-state index contributed by atoms with van der Waals surface area (Å²) < 4.78 is 0. The summed E-state index contributed by atoms with van der Waals surface area (Å²) in [4.78, 5) is 26.9. The lowest BCUT2D eigenvalue weighted by molar-refractivity contribution is -0.136. The number of hydrogen-bond donors (Lipinski definition) is 0. The van der Waals surface area contributed by atoms with Crippen LogP contribution in [0.1, 0.15) is 48.9 Å². The molecule has 0 bridgehead atoms. The summed E-state index contributed by atoms with van der Waals surface area (Å²) in [5.74, 6) is 2.42. The SMILES string of the molecule is Cc1ccc(-c2nc(C)c(C)c(N3CCN(C(=O)C4CCCCC4)CC3)n2)cc1. The Morgan fingerprint density at radius 3 is 2.21 bits per heavy atom. The molecular formula is C24H32N4O. The molecule has 1 aliphatic carbocycles. The minimum atomic E-state index is 0.256. The quantitative estimate of drug-likeness (QED) is 0.781. The van der Waals surface area contributed by atoms with Gasteiger partial charge in [0.25, 0.3) is 0 Å².